The fourth-order valence-corrected chi connectivity index (χ4v) is 0.858. The first-order valence-corrected chi connectivity index (χ1v) is 4.37. The standard InChI is InChI=1S/C9H16N2O2/c1-2-8(12)11-9(13)6-4-3-5-7-10/h2H,1,3-7,10H2,(H,11,12,13). The summed E-state index contributed by atoms with van der Waals surface area (Å²) >= 11 is 0. The minimum absolute atomic E-state index is 0.248. The lowest BCUT2D eigenvalue weighted by molar-refractivity contribution is -0.128. The van der Waals surface area contributed by atoms with Gasteiger partial charge < -0.3 is 5.73 Å². The van der Waals surface area contributed by atoms with Crippen LogP contribution in [0.4, 0.5) is 0 Å². The molecule has 0 bridgehead atoms. The summed E-state index contributed by atoms with van der Waals surface area (Å²) in [6.07, 6.45) is 4.07. The largest absolute Gasteiger partial charge is 0.330 e. The maximum Gasteiger partial charge on any atom is 0.249 e. The van der Waals surface area contributed by atoms with Crippen LogP contribution in [0.1, 0.15) is 25.7 Å². The monoisotopic (exact) mass is 184 g/mol. The van der Waals surface area contributed by atoms with Crippen molar-refractivity contribution in [2.75, 3.05) is 6.54 Å². The highest BCUT2D eigenvalue weighted by atomic mass is 16.2. The Hall–Kier alpha value is -1.16. The first-order valence-electron chi connectivity index (χ1n) is 4.37. The van der Waals surface area contributed by atoms with E-state index >= 15 is 0 Å². The lowest BCUT2D eigenvalue weighted by Crippen LogP contribution is -2.28. The Morgan fingerprint density at radius 3 is 2.54 bits per heavy atom. The van der Waals surface area contributed by atoms with Gasteiger partial charge in [0.2, 0.25) is 11.8 Å². The van der Waals surface area contributed by atoms with Crippen molar-refractivity contribution >= 4 is 11.8 Å². The number of carbonyl (C=O) groups is 2. The molecule has 0 radical (unpaired) electrons. The quantitative estimate of drug-likeness (QED) is 0.461. The van der Waals surface area contributed by atoms with Gasteiger partial charge in [-0.25, -0.2) is 0 Å². The lowest BCUT2D eigenvalue weighted by atomic mass is 10.2. The van der Waals surface area contributed by atoms with Crippen molar-refractivity contribution in [3.05, 3.63) is 12.7 Å². The Balaban J connectivity index is 3.40. The zero-order valence-corrected chi connectivity index (χ0v) is 7.71. The van der Waals surface area contributed by atoms with E-state index in [1.807, 2.05) is 0 Å². The van der Waals surface area contributed by atoms with Crippen LogP contribution in [0.5, 0.6) is 0 Å². The van der Waals surface area contributed by atoms with Crippen molar-refractivity contribution in [3.8, 4) is 0 Å². The Labute approximate surface area is 78.2 Å². The van der Waals surface area contributed by atoms with Crippen LogP contribution in [0, 0.1) is 0 Å². The van der Waals surface area contributed by atoms with E-state index in [9.17, 15) is 9.59 Å². The number of hydrogen-bond donors (Lipinski definition) is 2. The summed E-state index contributed by atoms with van der Waals surface area (Å²) in [4.78, 5) is 21.6. The maximum absolute atomic E-state index is 11.0. The molecule has 2 amide bonds. The molecule has 4 nitrogen and oxygen atoms in total. The van der Waals surface area contributed by atoms with E-state index in [1.54, 1.807) is 0 Å². The number of hydrogen-bond acceptors (Lipinski definition) is 3. The highest BCUT2D eigenvalue weighted by Crippen LogP contribution is 1.97. The number of nitrogens with two attached hydrogens (primary N) is 1. The van der Waals surface area contributed by atoms with E-state index in [-0.39, 0.29) is 5.91 Å². The molecule has 0 spiro atoms. The first kappa shape index (κ1) is 11.8. The number of imide groups is 1. The van der Waals surface area contributed by atoms with Gasteiger partial charge in [-0.3, -0.25) is 14.9 Å². The van der Waals surface area contributed by atoms with E-state index < -0.39 is 5.91 Å². The third-order valence-electron chi connectivity index (χ3n) is 1.56. The van der Waals surface area contributed by atoms with Crippen LogP contribution in [0.25, 0.3) is 0 Å². The fraction of sp³-hybridized carbons (Fsp3) is 0.556. The van der Waals surface area contributed by atoms with Crippen molar-refractivity contribution in [1.82, 2.24) is 5.32 Å². The van der Waals surface area contributed by atoms with Crippen molar-refractivity contribution in [2.45, 2.75) is 25.7 Å². The lowest BCUT2D eigenvalue weighted by Gasteiger charge is -2.00. The van der Waals surface area contributed by atoms with Gasteiger partial charge in [-0.2, -0.15) is 0 Å². The molecule has 4 heteroatoms. The van der Waals surface area contributed by atoms with Crippen LogP contribution in [0.15, 0.2) is 12.7 Å². The summed E-state index contributed by atoms with van der Waals surface area (Å²) in [5, 5.41) is 2.18. The highest BCUT2D eigenvalue weighted by molar-refractivity contribution is 6.00. The van der Waals surface area contributed by atoms with Crippen molar-refractivity contribution in [1.29, 1.82) is 0 Å². The topological polar surface area (TPSA) is 72.2 Å². The van der Waals surface area contributed by atoms with Gasteiger partial charge in [0.1, 0.15) is 0 Å². The summed E-state index contributed by atoms with van der Waals surface area (Å²) < 4.78 is 0. The Morgan fingerprint density at radius 2 is 2.00 bits per heavy atom. The maximum atomic E-state index is 11.0. The summed E-state index contributed by atoms with van der Waals surface area (Å²) in [5.41, 5.74) is 5.28. The minimum atomic E-state index is -0.441. The predicted molar refractivity (Wildman–Crippen MR) is 50.9 cm³/mol. The molecule has 74 valence electrons. The molecule has 0 saturated carbocycles. The van der Waals surface area contributed by atoms with Crippen LogP contribution in [0.3, 0.4) is 0 Å². The van der Waals surface area contributed by atoms with Crippen LogP contribution < -0.4 is 11.1 Å². The normalized spacial score (nSPS) is 9.31. The van der Waals surface area contributed by atoms with Gasteiger partial charge in [0, 0.05) is 6.42 Å². The molecule has 3 N–H and O–H groups in total. The number of carbonyl (C=O) groups excluding carboxylic acids is 2. The molecule has 0 saturated heterocycles. The van der Waals surface area contributed by atoms with Crippen LogP contribution in [-0.2, 0) is 9.59 Å². The molecule has 0 aromatic carbocycles. The van der Waals surface area contributed by atoms with E-state index in [0.29, 0.717) is 13.0 Å². The Kier molecular flexibility index (Phi) is 6.82. The second-order valence-corrected chi connectivity index (χ2v) is 2.72. The summed E-state index contributed by atoms with van der Waals surface area (Å²) in [6.45, 7) is 3.89. The van der Waals surface area contributed by atoms with Crippen molar-refractivity contribution in [2.24, 2.45) is 5.73 Å². The van der Waals surface area contributed by atoms with E-state index in [4.69, 9.17) is 5.73 Å². The zero-order chi connectivity index (χ0) is 10.1. The summed E-state index contributed by atoms with van der Waals surface area (Å²) in [5.74, 6) is -0.689. The Morgan fingerprint density at radius 1 is 1.31 bits per heavy atom. The second kappa shape index (κ2) is 7.49. The molecule has 0 fully saturated rings. The predicted octanol–water partition coefficient (Wildman–Crippen LogP) is 0.334. The number of amides is 2. The summed E-state index contributed by atoms with van der Waals surface area (Å²) in [6, 6.07) is 0. The molecule has 0 aromatic rings. The van der Waals surface area contributed by atoms with Crippen molar-refractivity contribution < 1.29 is 9.59 Å². The molecule has 0 unspecified atom stereocenters. The third-order valence-corrected chi connectivity index (χ3v) is 1.56. The van der Waals surface area contributed by atoms with Gasteiger partial charge in [0.15, 0.2) is 0 Å². The van der Waals surface area contributed by atoms with Crippen LogP contribution in [0.2, 0.25) is 0 Å². The van der Waals surface area contributed by atoms with E-state index in [1.165, 1.54) is 0 Å². The highest BCUT2D eigenvalue weighted by Gasteiger charge is 2.02. The van der Waals surface area contributed by atoms with Crippen LogP contribution >= 0.6 is 0 Å². The fourth-order valence-electron chi connectivity index (χ4n) is 0.858. The molecular formula is C9H16N2O2. The SMILES string of the molecule is C=CC(=O)NC(=O)CCCCCN. The molecule has 0 aliphatic rings. The molecule has 0 aromatic heterocycles. The number of rotatable bonds is 6. The van der Waals surface area contributed by atoms with Gasteiger partial charge in [-0.15, -0.1) is 0 Å². The molecule has 13 heavy (non-hydrogen) atoms. The second-order valence-electron chi connectivity index (χ2n) is 2.72. The zero-order valence-electron chi connectivity index (χ0n) is 7.71. The van der Waals surface area contributed by atoms with E-state index in [2.05, 4.69) is 11.9 Å². The molecule has 0 heterocycles. The number of unbranched alkanes of at least 4 members (excludes halogenated alkanes) is 2. The number of nitrogens with one attached hydrogen (secondary N) is 1. The average Bonchev–Trinajstić information content (AvgIpc) is 2.12. The smallest absolute Gasteiger partial charge is 0.249 e. The third kappa shape index (κ3) is 7.21. The van der Waals surface area contributed by atoms with Gasteiger partial charge in [0.05, 0.1) is 0 Å². The minimum Gasteiger partial charge on any atom is -0.330 e. The van der Waals surface area contributed by atoms with Gasteiger partial charge in [0.25, 0.3) is 0 Å². The average molecular weight is 184 g/mol. The van der Waals surface area contributed by atoms with Crippen LogP contribution in [-0.4, -0.2) is 18.4 Å². The molecule has 0 aliphatic heterocycles. The molecular weight excluding hydrogens is 168 g/mol. The van der Waals surface area contributed by atoms with Gasteiger partial charge >= 0.3 is 0 Å². The molecule has 0 atom stereocenters. The van der Waals surface area contributed by atoms with E-state index in [0.717, 1.165) is 25.3 Å². The molecule has 0 aliphatic carbocycles. The summed E-state index contributed by atoms with van der Waals surface area (Å²) in [7, 11) is 0. The van der Waals surface area contributed by atoms with Crippen molar-refractivity contribution in [3.63, 3.8) is 0 Å². The van der Waals surface area contributed by atoms with Gasteiger partial charge in [-0.05, 0) is 25.5 Å². The molecule has 0 rings (SSSR count). The van der Waals surface area contributed by atoms with Gasteiger partial charge in [-0.1, -0.05) is 13.0 Å². The first-order chi connectivity index (χ1) is 6.20. The Bertz CT molecular complexity index is 190.